The van der Waals surface area contributed by atoms with Crippen LogP contribution < -0.4 is 0 Å². The highest BCUT2D eigenvalue weighted by atomic mass is 16.5. The Bertz CT molecular complexity index is 363. The van der Waals surface area contributed by atoms with Crippen molar-refractivity contribution in [2.24, 2.45) is 0 Å². The Kier molecular flexibility index (Phi) is 1.98. The SMILES string of the molecule is O=C(Cn1cccn1)N1C[C@H]2C[C@H]1CO2. The zero-order valence-corrected chi connectivity index (χ0v) is 8.37. The molecule has 0 aromatic carbocycles. The van der Waals surface area contributed by atoms with Crippen LogP contribution in [-0.2, 0) is 16.1 Å². The second kappa shape index (κ2) is 3.34. The first-order valence-corrected chi connectivity index (χ1v) is 5.21. The van der Waals surface area contributed by atoms with Gasteiger partial charge in [0, 0.05) is 18.9 Å². The molecule has 0 N–H and O–H groups in total. The number of amides is 1. The van der Waals surface area contributed by atoms with Crippen LogP contribution in [0.25, 0.3) is 0 Å². The Morgan fingerprint density at radius 1 is 1.60 bits per heavy atom. The van der Waals surface area contributed by atoms with E-state index in [0.29, 0.717) is 19.2 Å². The van der Waals surface area contributed by atoms with Gasteiger partial charge in [0.05, 0.1) is 18.8 Å². The lowest BCUT2D eigenvalue weighted by Gasteiger charge is -2.26. The molecule has 1 aromatic rings. The topological polar surface area (TPSA) is 47.4 Å². The fraction of sp³-hybridized carbons (Fsp3) is 0.600. The van der Waals surface area contributed by atoms with E-state index in [-0.39, 0.29) is 12.0 Å². The minimum Gasteiger partial charge on any atom is -0.374 e. The lowest BCUT2D eigenvalue weighted by Crippen LogP contribution is -2.43. The molecule has 5 heteroatoms. The molecule has 2 aliphatic rings. The van der Waals surface area contributed by atoms with Crippen LogP contribution in [-0.4, -0.2) is 45.9 Å². The minimum absolute atomic E-state index is 0.148. The van der Waals surface area contributed by atoms with Crippen molar-refractivity contribution in [3.05, 3.63) is 18.5 Å². The first kappa shape index (κ1) is 8.91. The third kappa shape index (κ3) is 1.52. The van der Waals surface area contributed by atoms with Crippen LogP contribution in [0.15, 0.2) is 18.5 Å². The molecule has 15 heavy (non-hydrogen) atoms. The van der Waals surface area contributed by atoms with Gasteiger partial charge in [0.1, 0.15) is 6.54 Å². The molecule has 2 fully saturated rings. The number of fused-ring (bicyclic) bond motifs is 2. The number of rotatable bonds is 2. The number of ether oxygens (including phenoxy) is 1. The molecular weight excluding hydrogens is 194 g/mol. The van der Waals surface area contributed by atoms with E-state index in [1.54, 1.807) is 10.9 Å². The fourth-order valence-corrected chi connectivity index (χ4v) is 2.33. The van der Waals surface area contributed by atoms with Gasteiger partial charge in [0.2, 0.25) is 5.91 Å². The van der Waals surface area contributed by atoms with Crippen LogP contribution >= 0.6 is 0 Å². The van der Waals surface area contributed by atoms with Crippen molar-refractivity contribution in [1.29, 1.82) is 0 Å². The summed E-state index contributed by atoms with van der Waals surface area (Å²) in [7, 11) is 0. The van der Waals surface area contributed by atoms with E-state index in [2.05, 4.69) is 5.10 Å². The molecule has 2 aliphatic heterocycles. The number of hydrogen-bond donors (Lipinski definition) is 0. The van der Waals surface area contributed by atoms with Crippen molar-refractivity contribution < 1.29 is 9.53 Å². The van der Waals surface area contributed by atoms with E-state index in [1.807, 2.05) is 17.2 Å². The Labute approximate surface area is 87.6 Å². The quantitative estimate of drug-likeness (QED) is 0.679. The molecule has 3 heterocycles. The van der Waals surface area contributed by atoms with Gasteiger partial charge in [-0.05, 0) is 12.5 Å². The summed E-state index contributed by atoms with van der Waals surface area (Å²) in [5, 5.41) is 4.03. The monoisotopic (exact) mass is 207 g/mol. The first-order valence-electron chi connectivity index (χ1n) is 5.21. The molecule has 5 nitrogen and oxygen atoms in total. The zero-order valence-electron chi connectivity index (χ0n) is 8.37. The maximum absolute atomic E-state index is 11.9. The highest BCUT2D eigenvalue weighted by Crippen LogP contribution is 2.27. The van der Waals surface area contributed by atoms with Crippen molar-refractivity contribution in [2.75, 3.05) is 13.2 Å². The summed E-state index contributed by atoms with van der Waals surface area (Å²) in [6, 6.07) is 2.13. The molecular formula is C10H13N3O2. The van der Waals surface area contributed by atoms with E-state index < -0.39 is 0 Å². The molecule has 0 saturated carbocycles. The summed E-state index contributed by atoms with van der Waals surface area (Å²) in [6.07, 6.45) is 4.77. The number of carbonyl (C=O) groups excluding carboxylic acids is 1. The predicted molar refractivity (Wildman–Crippen MR) is 52.1 cm³/mol. The summed E-state index contributed by atoms with van der Waals surface area (Å²) >= 11 is 0. The smallest absolute Gasteiger partial charge is 0.244 e. The van der Waals surface area contributed by atoms with Crippen molar-refractivity contribution in [1.82, 2.24) is 14.7 Å². The minimum atomic E-state index is 0.148. The summed E-state index contributed by atoms with van der Waals surface area (Å²) < 4.78 is 7.11. The van der Waals surface area contributed by atoms with Crippen LogP contribution in [0, 0.1) is 0 Å². The molecule has 3 rings (SSSR count). The lowest BCUT2D eigenvalue weighted by molar-refractivity contribution is -0.136. The van der Waals surface area contributed by atoms with Gasteiger partial charge < -0.3 is 9.64 Å². The molecule has 1 aromatic heterocycles. The molecule has 2 saturated heterocycles. The Balaban J connectivity index is 1.66. The van der Waals surface area contributed by atoms with Crippen molar-refractivity contribution in [3.63, 3.8) is 0 Å². The van der Waals surface area contributed by atoms with Gasteiger partial charge in [-0.2, -0.15) is 5.10 Å². The van der Waals surface area contributed by atoms with Crippen LogP contribution in [0.4, 0.5) is 0 Å². The normalized spacial score (nSPS) is 28.7. The van der Waals surface area contributed by atoms with Crippen molar-refractivity contribution >= 4 is 5.91 Å². The van der Waals surface area contributed by atoms with Crippen LogP contribution in [0.5, 0.6) is 0 Å². The van der Waals surface area contributed by atoms with Gasteiger partial charge in [-0.3, -0.25) is 9.48 Å². The van der Waals surface area contributed by atoms with Crippen molar-refractivity contribution in [3.8, 4) is 0 Å². The van der Waals surface area contributed by atoms with E-state index in [0.717, 1.165) is 13.0 Å². The van der Waals surface area contributed by atoms with Gasteiger partial charge in [0.25, 0.3) is 0 Å². The number of likely N-dealkylation sites (tertiary alicyclic amines) is 1. The number of aromatic nitrogens is 2. The molecule has 1 amide bonds. The third-order valence-corrected chi connectivity index (χ3v) is 3.08. The Hall–Kier alpha value is -1.36. The fourth-order valence-electron chi connectivity index (χ4n) is 2.33. The largest absolute Gasteiger partial charge is 0.374 e. The molecule has 0 unspecified atom stereocenters. The summed E-state index contributed by atoms with van der Waals surface area (Å²) in [4.78, 5) is 13.8. The summed E-state index contributed by atoms with van der Waals surface area (Å²) in [6.45, 7) is 1.80. The molecule has 0 spiro atoms. The summed E-state index contributed by atoms with van der Waals surface area (Å²) in [5.74, 6) is 0.148. The van der Waals surface area contributed by atoms with Gasteiger partial charge in [0.15, 0.2) is 0 Å². The van der Waals surface area contributed by atoms with E-state index in [9.17, 15) is 4.79 Å². The first-order chi connectivity index (χ1) is 7.33. The molecule has 2 bridgehead atoms. The van der Waals surface area contributed by atoms with Crippen LogP contribution in [0.3, 0.4) is 0 Å². The highest BCUT2D eigenvalue weighted by molar-refractivity contribution is 5.76. The van der Waals surface area contributed by atoms with Crippen LogP contribution in [0.1, 0.15) is 6.42 Å². The zero-order chi connectivity index (χ0) is 10.3. The third-order valence-electron chi connectivity index (χ3n) is 3.08. The second-order valence-corrected chi connectivity index (χ2v) is 4.09. The maximum atomic E-state index is 11.9. The maximum Gasteiger partial charge on any atom is 0.244 e. The number of carbonyl (C=O) groups is 1. The van der Waals surface area contributed by atoms with E-state index in [1.165, 1.54) is 0 Å². The van der Waals surface area contributed by atoms with Crippen LogP contribution in [0.2, 0.25) is 0 Å². The van der Waals surface area contributed by atoms with Gasteiger partial charge in [-0.1, -0.05) is 0 Å². The van der Waals surface area contributed by atoms with E-state index >= 15 is 0 Å². The average Bonchev–Trinajstić information content (AvgIpc) is 2.93. The lowest BCUT2D eigenvalue weighted by atomic mass is 10.2. The molecule has 0 aliphatic carbocycles. The predicted octanol–water partition coefficient (Wildman–Crippen LogP) is -0.117. The van der Waals surface area contributed by atoms with Crippen molar-refractivity contribution in [2.45, 2.75) is 25.1 Å². The highest BCUT2D eigenvalue weighted by Gasteiger charge is 2.41. The van der Waals surface area contributed by atoms with E-state index in [4.69, 9.17) is 4.74 Å². The second-order valence-electron chi connectivity index (χ2n) is 4.09. The standard InChI is InChI=1S/C10H13N3O2/c14-10(6-12-3-1-2-11-12)13-5-9-4-8(13)7-15-9/h1-3,8-9H,4-7H2/t8-,9+/m0/s1. The average molecular weight is 207 g/mol. The number of nitrogens with zero attached hydrogens (tertiary/aromatic N) is 3. The Morgan fingerprint density at radius 2 is 2.53 bits per heavy atom. The van der Waals surface area contributed by atoms with Gasteiger partial charge in [-0.15, -0.1) is 0 Å². The Morgan fingerprint density at radius 3 is 3.13 bits per heavy atom. The van der Waals surface area contributed by atoms with Gasteiger partial charge >= 0.3 is 0 Å². The van der Waals surface area contributed by atoms with Gasteiger partial charge in [-0.25, -0.2) is 0 Å². The number of hydrogen-bond acceptors (Lipinski definition) is 3. The number of morpholine rings is 1. The molecule has 2 atom stereocenters. The summed E-state index contributed by atoms with van der Waals surface area (Å²) in [5.41, 5.74) is 0. The molecule has 80 valence electrons. The molecule has 0 radical (unpaired) electrons.